The molecule has 1 aliphatic heterocycles. The van der Waals surface area contributed by atoms with Gasteiger partial charge in [0, 0.05) is 29.6 Å². The minimum atomic E-state index is -0.408. The molecule has 0 bridgehead atoms. The molecule has 6 heteroatoms. The Morgan fingerprint density at radius 1 is 1.55 bits per heavy atom. The molecular formula is C14H20N2O3S. The Balaban J connectivity index is 2.07. The minimum absolute atomic E-state index is 0.0134. The van der Waals surface area contributed by atoms with E-state index in [0.717, 1.165) is 12.2 Å². The van der Waals surface area contributed by atoms with Crippen molar-refractivity contribution in [1.29, 1.82) is 0 Å². The summed E-state index contributed by atoms with van der Waals surface area (Å²) in [4.78, 5) is 10.6. The van der Waals surface area contributed by atoms with Gasteiger partial charge >= 0.3 is 5.69 Å². The lowest BCUT2D eigenvalue weighted by Gasteiger charge is -2.14. The van der Waals surface area contributed by atoms with Gasteiger partial charge in [-0.2, -0.15) is 11.8 Å². The van der Waals surface area contributed by atoms with E-state index in [0.29, 0.717) is 11.0 Å². The van der Waals surface area contributed by atoms with E-state index in [9.17, 15) is 10.1 Å². The zero-order chi connectivity index (χ0) is 14.5. The summed E-state index contributed by atoms with van der Waals surface area (Å²) < 4.78 is 5.53. The lowest BCUT2D eigenvalue weighted by atomic mass is 10.2. The van der Waals surface area contributed by atoms with Crippen LogP contribution in [0.3, 0.4) is 0 Å². The van der Waals surface area contributed by atoms with Gasteiger partial charge in [0.1, 0.15) is 0 Å². The molecule has 2 rings (SSSR count). The third kappa shape index (κ3) is 4.03. The second-order valence-electron chi connectivity index (χ2n) is 5.12. The molecule has 5 nitrogen and oxygen atoms in total. The molecule has 1 N–H and O–H groups in total. The summed E-state index contributed by atoms with van der Waals surface area (Å²) in [5.41, 5.74) is 0.887. The van der Waals surface area contributed by atoms with E-state index in [1.54, 1.807) is 12.1 Å². The van der Waals surface area contributed by atoms with Crippen molar-refractivity contribution in [3.05, 3.63) is 28.3 Å². The number of benzene rings is 1. The number of hydrogen-bond donors (Lipinski definition) is 1. The second kappa shape index (κ2) is 6.83. The molecule has 1 unspecified atom stereocenters. The van der Waals surface area contributed by atoms with Crippen LogP contribution in [0.4, 0.5) is 11.4 Å². The number of rotatable bonds is 6. The second-order valence-corrected chi connectivity index (χ2v) is 6.53. The van der Waals surface area contributed by atoms with Crippen LogP contribution in [0.15, 0.2) is 18.2 Å². The lowest BCUT2D eigenvalue weighted by molar-refractivity contribution is -0.386. The van der Waals surface area contributed by atoms with Crippen LogP contribution in [0.2, 0.25) is 0 Å². The van der Waals surface area contributed by atoms with Gasteiger partial charge < -0.3 is 10.1 Å². The highest BCUT2D eigenvalue weighted by Gasteiger charge is 2.18. The number of ether oxygens (including phenoxy) is 1. The third-order valence-corrected chi connectivity index (χ3v) is 4.48. The molecule has 1 fully saturated rings. The standard InChI is InChI=1S/C14H20N2O3S/c1-10(2)19-14-8-11(5-6-13(14)16(17)18)15-9-12-4-3-7-20-12/h5-6,8,10,12,15H,3-4,7,9H2,1-2H3. The number of hydrogen-bond acceptors (Lipinski definition) is 5. The first-order valence-corrected chi connectivity index (χ1v) is 7.91. The molecule has 0 radical (unpaired) electrons. The van der Waals surface area contributed by atoms with E-state index in [-0.39, 0.29) is 11.8 Å². The molecule has 1 saturated heterocycles. The molecule has 0 saturated carbocycles. The number of anilines is 1. The molecule has 1 aliphatic rings. The molecular weight excluding hydrogens is 276 g/mol. The van der Waals surface area contributed by atoms with Crippen molar-refractivity contribution in [2.45, 2.75) is 38.0 Å². The average Bonchev–Trinajstić information content (AvgIpc) is 2.88. The normalized spacial score (nSPS) is 18.2. The molecule has 0 spiro atoms. The van der Waals surface area contributed by atoms with Crippen LogP contribution >= 0.6 is 11.8 Å². The van der Waals surface area contributed by atoms with Gasteiger partial charge in [-0.25, -0.2) is 0 Å². The summed E-state index contributed by atoms with van der Waals surface area (Å²) in [6, 6.07) is 4.96. The molecule has 110 valence electrons. The smallest absolute Gasteiger partial charge is 0.311 e. The Kier molecular flexibility index (Phi) is 5.11. The van der Waals surface area contributed by atoms with Gasteiger partial charge in [0.05, 0.1) is 11.0 Å². The number of nitrogens with zero attached hydrogens (tertiary/aromatic N) is 1. The van der Waals surface area contributed by atoms with E-state index in [1.165, 1.54) is 24.7 Å². The van der Waals surface area contributed by atoms with Crippen LogP contribution < -0.4 is 10.1 Å². The van der Waals surface area contributed by atoms with Gasteiger partial charge in [0.25, 0.3) is 0 Å². The van der Waals surface area contributed by atoms with Crippen molar-refractivity contribution in [3.63, 3.8) is 0 Å². The first-order valence-electron chi connectivity index (χ1n) is 6.87. The first kappa shape index (κ1) is 15.0. The summed E-state index contributed by atoms with van der Waals surface area (Å²) in [7, 11) is 0. The molecule has 1 aromatic carbocycles. The highest BCUT2D eigenvalue weighted by atomic mass is 32.2. The van der Waals surface area contributed by atoms with E-state index in [4.69, 9.17) is 4.74 Å². The van der Waals surface area contributed by atoms with Crippen molar-refractivity contribution in [2.75, 3.05) is 17.6 Å². The van der Waals surface area contributed by atoms with E-state index in [1.807, 2.05) is 25.6 Å². The summed E-state index contributed by atoms with van der Waals surface area (Å²) in [5.74, 6) is 1.56. The first-order chi connectivity index (χ1) is 9.56. The van der Waals surface area contributed by atoms with Crippen LogP contribution in [0.1, 0.15) is 26.7 Å². The van der Waals surface area contributed by atoms with E-state index in [2.05, 4.69) is 5.32 Å². The molecule has 0 amide bonds. The largest absolute Gasteiger partial charge is 0.484 e. The highest BCUT2D eigenvalue weighted by Crippen LogP contribution is 2.32. The van der Waals surface area contributed by atoms with Crippen LogP contribution in [-0.2, 0) is 0 Å². The number of nitro benzene ring substituents is 1. The van der Waals surface area contributed by atoms with Crippen molar-refractivity contribution in [1.82, 2.24) is 0 Å². The van der Waals surface area contributed by atoms with Gasteiger partial charge in [-0.3, -0.25) is 10.1 Å². The van der Waals surface area contributed by atoms with Crippen LogP contribution in [-0.4, -0.2) is 28.6 Å². The zero-order valence-electron chi connectivity index (χ0n) is 11.8. The molecule has 1 aromatic rings. The zero-order valence-corrected chi connectivity index (χ0v) is 12.6. The van der Waals surface area contributed by atoms with Gasteiger partial charge in [0.15, 0.2) is 5.75 Å². The number of thioether (sulfide) groups is 1. The Morgan fingerprint density at radius 3 is 2.95 bits per heavy atom. The van der Waals surface area contributed by atoms with Crippen molar-refractivity contribution < 1.29 is 9.66 Å². The predicted molar refractivity (Wildman–Crippen MR) is 82.8 cm³/mol. The van der Waals surface area contributed by atoms with Crippen molar-refractivity contribution >= 4 is 23.1 Å². The van der Waals surface area contributed by atoms with Gasteiger partial charge in [0.2, 0.25) is 0 Å². The Hall–Kier alpha value is -1.43. The molecule has 0 aliphatic carbocycles. The number of nitrogens with one attached hydrogen (secondary N) is 1. The summed E-state index contributed by atoms with van der Waals surface area (Å²) in [5, 5.41) is 15.0. The van der Waals surface area contributed by atoms with Crippen LogP contribution in [0.5, 0.6) is 5.75 Å². The fourth-order valence-corrected chi connectivity index (χ4v) is 3.36. The maximum Gasteiger partial charge on any atom is 0.311 e. The fraction of sp³-hybridized carbons (Fsp3) is 0.571. The lowest BCUT2D eigenvalue weighted by Crippen LogP contribution is -2.14. The average molecular weight is 296 g/mol. The van der Waals surface area contributed by atoms with Crippen LogP contribution in [0.25, 0.3) is 0 Å². The quantitative estimate of drug-likeness (QED) is 0.640. The monoisotopic (exact) mass is 296 g/mol. The Bertz CT molecular complexity index is 473. The molecule has 20 heavy (non-hydrogen) atoms. The third-order valence-electron chi connectivity index (χ3n) is 3.08. The predicted octanol–water partition coefficient (Wildman–Crippen LogP) is 3.69. The van der Waals surface area contributed by atoms with Gasteiger partial charge in [-0.15, -0.1) is 0 Å². The minimum Gasteiger partial charge on any atom is -0.484 e. The van der Waals surface area contributed by atoms with Gasteiger partial charge in [-0.1, -0.05) is 0 Å². The van der Waals surface area contributed by atoms with E-state index >= 15 is 0 Å². The maximum absolute atomic E-state index is 11.0. The highest BCUT2D eigenvalue weighted by molar-refractivity contribution is 8.00. The van der Waals surface area contributed by atoms with Crippen LogP contribution in [0, 0.1) is 10.1 Å². The Labute approximate surface area is 123 Å². The number of nitro groups is 1. The topological polar surface area (TPSA) is 64.4 Å². The molecule has 0 aromatic heterocycles. The summed E-state index contributed by atoms with van der Waals surface area (Å²) in [6.45, 7) is 4.61. The fourth-order valence-electron chi connectivity index (χ4n) is 2.16. The van der Waals surface area contributed by atoms with Crippen molar-refractivity contribution in [2.24, 2.45) is 0 Å². The maximum atomic E-state index is 11.0. The summed E-state index contributed by atoms with van der Waals surface area (Å²) >= 11 is 1.98. The SMILES string of the molecule is CC(C)Oc1cc(NCC2CCCS2)ccc1[N+](=O)[O-]. The van der Waals surface area contributed by atoms with Crippen molar-refractivity contribution in [3.8, 4) is 5.75 Å². The molecule has 1 atom stereocenters. The molecule has 1 heterocycles. The Morgan fingerprint density at radius 2 is 2.35 bits per heavy atom. The van der Waals surface area contributed by atoms with Gasteiger partial charge in [-0.05, 0) is 38.5 Å². The van der Waals surface area contributed by atoms with E-state index < -0.39 is 4.92 Å². The summed E-state index contributed by atoms with van der Waals surface area (Å²) in [6.07, 6.45) is 2.42.